The number of rotatable bonds is 5. The Balaban J connectivity index is 1.38. The summed E-state index contributed by atoms with van der Waals surface area (Å²) in [4.78, 5) is 21.1. The molecule has 1 saturated heterocycles. The third-order valence-electron chi connectivity index (χ3n) is 4.99. The fourth-order valence-corrected chi connectivity index (χ4v) is 3.56. The van der Waals surface area contributed by atoms with E-state index in [9.17, 15) is 4.79 Å². The molecule has 0 spiro atoms. The predicted molar refractivity (Wildman–Crippen MR) is 92.4 cm³/mol. The first-order chi connectivity index (χ1) is 11.8. The molecule has 6 heteroatoms. The van der Waals surface area contributed by atoms with E-state index < -0.39 is 0 Å². The van der Waals surface area contributed by atoms with Crippen molar-refractivity contribution in [3.8, 4) is 6.07 Å². The highest BCUT2D eigenvalue weighted by molar-refractivity contribution is 5.79. The Morgan fingerprint density at radius 1 is 1.25 bits per heavy atom. The lowest BCUT2D eigenvalue weighted by Gasteiger charge is -2.36. The minimum Gasteiger partial charge on any atom is -0.369 e. The Kier molecular flexibility index (Phi) is 5.65. The molecule has 1 N–H and O–H groups in total. The van der Waals surface area contributed by atoms with Crippen LogP contribution >= 0.6 is 0 Å². The number of anilines is 1. The van der Waals surface area contributed by atoms with E-state index in [1.165, 1.54) is 12.8 Å². The van der Waals surface area contributed by atoms with Gasteiger partial charge in [0.05, 0.1) is 0 Å². The van der Waals surface area contributed by atoms with Crippen molar-refractivity contribution < 1.29 is 4.79 Å². The van der Waals surface area contributed by atoms with Crippen molar-refractivity contribution >= 4 is 11.7 Å². The van der Waals surface area contributed by atoms with Crippen LogP contribution in [0.1, 0.15) is 31.4 Å². The van der Waals surface area contributed by atoms with Crippen LogP contribution in [0.3, 0.4) is 0 Å². The van der Waals surface area contributed by atoms with Crippen molar-refractivity contribution in [2.45, 2.75) is 25.7 Å². The second kappa shape index (κ2) is 8.11. The monoisotopic (exact) mass is 327 g/mol. The summed E-state index contributed by atoms with van der Waals surface area (Å²) in [5, 5.41) is 12.1. The van der Waals surface area contributed by atoms with E-state index in [-0.39, 0.29) is 5.92 Å². The number of aromatic nitrogens is 1. The standard InChI is InChI=1S/C18H25N5O/c19-14-16-6-3-7-17(21-16)20-8-9-22-10-12-23(13-11-22)18(24)15-4-1-2-5-15/h3,6-7,15H,1-2,4-5,8-13H2,(H,20,21). The van der Waals surface area contributed by atoms with Crippen molar-refractivity contribution in [2.24, 2.45) is 5.92 Å². The van der Waals surface area contributed by atoms with Crippen LogP contribution in [-0.4, -0.2) is 60.0 Å². The first-order valence-corrected chi connectivity index (χ1v) is 8.88. The Morgan fingerprint density at radius 3 is 2.71 bits per heavy atom. The summed E-state index contributed by atoms with van der Waals surface area (Å²) in [5.74, 6) is 1.41. The van der Waals surface area contributed by atoms with Gasteiger partial charge in [-0.25, -0.2) is 4.98 Å². The number of carbonyl (C=O) groups excluding carboxylic acids is 1. The van der Waals surface area contributed by atoms with Gasteiger partial charge in [-0.05, 0) is 25.0 Å². The normalized spacial score (nSPS) is 19.2. The van der Waals surface area contributed by atoms with Gasteiger partial charge in [0.25, 0.3) is 0 Å². The number of nitrogens with one attached hydrogen (secondary N) is 1. The zero-order valence-electron chi connectivity index (χ0n) is 14.1. The van der Waals surface area contributed by atoms with Crippen LogP contribution in [0.4, 0.5) is 5.82 Å². The van der Waals surface area contributed by atoms with Gasteiger partial charge in [0.1, 0.15) is 17.6 Å². The molecule has 1 aliphatic carbocycles. The summed E-state index contributed by atoms with van der Waals surface area (Å²) in [6, 6.07) is 7.46. The molecule has 2 aliphatic rings. The van der Waals surface area contributed by atoms with E-state index in [0.717, 1.165) is 57.9 Å². The van der Waals surface area contributed by atoms with E-state index in [1.54, 1.807) is 6.07 Å². The van der Waals surface area contributed by atoms with Crippen LogP contribution in [0, 0.1) is 17.2 Å². The van der Waals surface area contributed by atoms with Crippen molar-refractivity contribution in [1.29, 1.82) is 5.26 Å². The Hall–Kier alpha value is -2.13. The van der Waals surface area contributed by atoms with Crippen LogP contribution in [0.25, 0.3) is 0 Å². The van der Waals surface area contributed by atoms with Gasteiger partial charge >= 0.3 is 0 Å². The number of pyridine rings is 1. The molecule has 1 saturated carbocycles. The minimum absolute atomic E-state index is 0.289. The van der Waals surface area contributed by atoms with Crippen LogP contribution in [0.5, 0.6) is 0 Å². The largest absolute Gasteiger partial charge is 0.369 e. The van der Waals surface area contributed by atoms with Crippen molar-refractivity contribution in [3.05, 3.63) is 23.9 Å². The number of nitriles is 1. The Morgan fingerprint density at radius 2 is 2.00 bits per heavy atom. The lowest BCUT2D eigenvalue weighted by atomic mass is 10.1. The highest BCUT2D eigenvalue weighted by Crippen LogP contribution is 2.26. The highest BCUT2D eigenvalue weighted by atomic mass is 16.2. The van der Waals surface area contributed by atoms with E-state index in [4.69, 9.17) is 5.26 Å². The molecule has 0 aromatic carbocycles. The molecular formula is C18H25N5O. The molecule has 1 aromatic rings. The molecule has 2 heterocycles. The maximum Gasteiger partial charge on any atom is 0.225 e. The Labute approximate surface area is 143 Å². The molecule has 128 valence electrons. The molecule has 3 rings (SSSR count). The molecule has 1 aromatic heterocycles. The molecule has 24 heavy (non-hydrogen) atoms. The van der Waals surface area contributed by atoms with E-state index in [0.29, 0.717) is 11.6 Å². The minimum atomic E-state index is 0.289. The van der Waals surface area contributed by atoms with E-state index in [2.05, 4.69) is 20.1 Å². The summed E-state index contributed by atoms with van der Waals surface area (Å²) in [5.41, 5.74) is 0.430. The quantitative estimate of drug-likeness (QED) is 0.891. The maximum atomic E-state index is 12.4. The Bertz CT molecular complexity index is 598. The summed E-state index contributed by atoms with van der Waals surface area (Å²) < 4.78 is 0. The molecule has 1 amide bonds. The molecule has 0 atom stereocenters. The molecule has 0 bridgehead atoms. The molecule has 2 fully saturated rings. The summed E-state index contributed by atoms with van der Waals surface area (Å²) in [6.45, 7) is 5.27. The van der Waals surface area contributed by atoms with Gasteiger partial charge in [0.15, 0.2) is 0 Å². The smallest absolute Gasteiger partial charge is 0.225 e. The lowest BCUT2D eigenvalue weighted by molar-refractivity contribution is -0.137. The molecular weight excluding hydrogens is 302 g/mol. The second-order valence-corrected chi connectivity index (χ2v) is 6.59. The average molecular weight is 327 g/mol. The first-order valence-electron chi connectivity index (χ1n) is 8.88. The van der Waals surface area contributed by atoms with Gasteiger partial charge in [-0.3, -0.25) is 9.69 Å². The van der Waals surface area contributed by atoms with Crippen LogP contribution in [0.15, 0.2) is 18.2 Å². The first kappa shape index (κ1) is 16.7. The molecule has 6 nitrogen and oxygen atoms in total. The van der Waals surface area contributed by atoms with Crippen molar-refractivity contribution in [1.82, 2.24) is 14.8 Å². The van der Waals surface area contributed by atoms with Gasteiger partial charge in [-0.1, -0.05) is 18.9 Å². The fourth-order valence-electron chi connectivity index (χ4n) is 3.56. The molecule has 1 aliphatic heterocycles. The number of hydrogen-bond acceptors (Lipinski definition) is 5. The second-order valence-electron chi connectivity index (χ2n) is 6.59. The van der Waals surface area contributed by atoms with Crippen LogP contribution in [0.2, 0.25) is 0 Å². The maximum absolute atomic E-state index is 12.4. The van der Waals surface area contributed by atoms with Gasteiger partial charge in [0, 0.05) is 45.2 Å². The van der Waals surface area contributed by atoms with Crippen LogP contribution in [-0.2, 0) is 4.79 Å². The third-order valence-corrected chi connectivity index (χ3v) is 4.99. The third kappa shape index (κ3) is 4.24. The number of hydrogen-bond donors (Lipinski definition) is 1. The number of nitrogens with zero attached hydrogens (tertiary/aromatic N) is 4. The van der Waals surface area contributed by atoms with Gasteiger partial charge in [-0.15, -0.1) is 0 Å². The lowest BCUT2D eigenvalue weighted by Crippen LogP contribution is -2.50. The van der Waals surface area contributed by atoms with Gasteiger partial charge in [-0.2, -0.15) is 5.26 Å². The summed E-state index contributed by atoms with van der Waals surface area (Å²) >= 11 is 0. The topological polar surface area (TPSA) is 72.3 Å². The molecule has 0 unspecified atom stereocenters. The fraction of sp³-hybridized carbons (Fsp3) is 0.611. The van der Waals surface area contributed by atoms with Crippen LogP contribution < -0.4 is 5.32 Å². The van der Waals surface area contributed by atoms with Gasteiger partial charge in [0.2, 0.25) is 5.91 Å². The van der Waals surface area contributed by atoms with E-state index in [1.807, 2.05) is 18.2 Å². The van der Waals surface area contributed by atoms with Gasteiger partial charge < -0.3 is 10.2 Å². The average Bonchev–Trinajstić information content (AvgIpc) is 3.16. The summed E-state index contributed by atoms with van der Waals surface area (Å²) in [6.07, 6.45) is 4.58. The predicted octanol–water partition coefficient (Wildman–Crippen LogP) is 1.70. The number of amides is 1. The van der Waals surface area contributed by atoms with E-state index >= 15 is 0 Å². The highest BCUT2D eigenvalue weighted by Gasteiger charge is 2.29. The summed E-state index contributed by atoms with van der Waals surface area (Å²) in [7, 11) is 0. The molecule has 0 radical (unpaired) electrons. The zero-order valence-corrected chi connectivity index (χ0v) is 14.1. The number of piperazine rings is 1. The number of carbonyl (C=O) groups is 1. The zero-order chi connectivity index (χ0) is 16.8. The SMILES string of the molecule is N#Cc1cccc(NCCN2CCN(C(=O)C3CCCC3)CC2)n1. The van der Waals surface area contributed by atoms with Crippen molar-refractivity contribution in [3.63, 3.8) is 0 Å². The van der Waals surface area contributed by atoms with Crippen molar-refractivity contribution in [2.75, 3.05) is 44.6 Å².